The molecule has 0 radical (unpaired) electrons. The third-order valence-corrected chi connectivity index (χ3v) is 5.47. The minimum atomic E-state index is -0.544. The highest BCUT2D eigenvalue weighted by Gasteiger charge is 2.27. The molecular weight excluding hydrogens is 400 g/mol. The number of hydrogen-bond donors (Lipinski definition) is 2. The topological polar surface area (TPSA) is 143 Å². The van der Waals surface area contributed by atoms with Gasteiger partial charge in [-0.05, 0) is 64.3 Å². The molecule has 0 spiro atoms. The molecule has 2 aromatic rings. The Hall–Kier alpha value is -3.38. The lowest BCUT2D eigenvalue weighted by Crippen LogP contribution is -2.38. The summed E-state index contributed by atoms with van der Waals surface area (Å²) < 4.78 is 10.2. The number of anilines is 1. The van der Waals surface area contributed by atoms with Crippen LogP contribution in [-0.2, 0) is 9.53 Å². The molecule has 3 heterocycles. The predicted molar refractivity (Wildman–Crippen MR) is 115 cm³/mol. The van der Waals surface area contributed by atoms with Crippen molar-refractivity contribution in [2.45, 2.75) is 45.6 Å². The number of rotatable bonds is 4. The van der Waals surface area contributed by atoms with Crippen molar-refractivity contribution in [2.24, 2.45) is 0 Å². The Morgan fingerprint density at radius 2 is 2.03 bits per heavy atom. The number of carbonyl (C=O) groups excluding carboxylic acids is 1. The smallest absolute Gasteiger partial charge is 0.373 e. The highest BCUT2D eigenvalue weighted by atomic mass is 16.5. The Morgan fingerprint density at radius 3 is 2.55 bits per heavy atom. The van der Waals surface area contributed by atoms with Gasteiger partial charge in [-0.2, -0.15) is 5.26 Å². The van der Waals surface area contributed by atoms with Gasteiger partial charge < -0.3 is 24.9 Å². The Bertz CT molecular complexity index is 969. The lowest BCUT2D eigenvalue weighted by atomic mass is 9.86. The number of nitrogen functional groups attached to an aromatic ring is 1. The second-order valence-corrected chi connectivity index (χ2v) is 7.55. The van der Waals surface area contributed by atoms with E-state index < -0.39 is 5.97 Å². The number of hydrogen-bond acceptors (Lipinski definition) is 8. The summed E-state index contributed by atoms with van der Waals surface area (Å²) in [6.45, 7) is 7.89. The minimum Gasteiger partial charge on any atom is -0.483 e. The van der Waals surface area contributed by atoms with E-state index in [0.717, 1.165) is 31.5 Å². The Kier molecular flexibility index (Phi) is 8.16. The Morgan fingerprint density at radius 1 is 1.42 bits per heavy atom. The van der Waals surface area contributed by atoms with E-state index in [1.807, 2.05) is 6.07 Å². The highest BCUT2D eigenvalue weighted by molar-refractivity contribution is 5.88. The lowest BCUT2D eigenvalue weighted by molar-refractivity contribution is -0.122. The molecule has 3 N–H and O–H groups in total. The minimum absolute atomic E-state index is 0.117. The zero-order valence-corrected chi connectivity index (χ0v) is 18.2. The molecule has 0 bridgehead atoms. The van der Waals surface area contributed by atoms with Crippen molar-refractivity contribution in [3.8, 4) is 17.3 Å². The van der Waals surface area contributed by atoms with E-state index in [4.69, 9.17) is 24.8 Å². The quantitative estimate of drug-likeness (QED) is 0.554. The van der Waals surface area contributed by atoms with Crippen LogP contribution in [0.2, 0.25) is 0 Å². The number of methoxy groups -OCH3 is 1. The van der Waals surface area contributed by atoms with Crippen molar-refractivity contribution in [3.63, 3.8) is 0 Å². The number of nitrogens with zero attached hydrogens (tertiary/aromatic N) is 3. The Labute approximate surface area is 181 Å². The summed E-state index contributed by atoms with van der Waals surface area (Å²) in [4.78, 5) is 27.0. The van der Waals surface area contributed by atoms with Crippen molar-refractivity contribution in [1.82, 2.24) is 9.88 Å². The second kappa shape index (κ2) is 10.6. The first kappa shape index (κ1) is 23.9. The highest BCUT2D eigenvalue weighted by Crippen LogP contribution is 2.36. The largest absolute Gasteiger partial charge is 0.483 e. The van der Waals surface area contributed by atoms with Gasteiger partial charge in [0.1, 0.15) is 17.6 Å². The third kappa shape index (κ3) is 5.41. The van der Waals surface area contributed by atoms with Crippen molar-refractivity contribution in [1.29, 1.82) is 5.26 Å². The molecule has 0 atom stereocenters. The molecule has 3 rings (SSSR count). The first-order valence-electron chi connectivity index (χ1n) is 9.98. The van der Waals surface area contributed by atoms with Crippen LogP contribution in [0.25, 0.3) is 11.3 Å². The molecule has 0 unspecified atom stereocenters. The monoisotopic (exact) mass is 428 g/mol. The van der Waals surface area contributed by atoms with Gasteiger partial charge in [-0.15, -0.1) is 0 Å². The van der Waals surface area contributed by atoms with E-state index in [-0.39, 0.29) is 24.0 Å². The van der Waals surface area contributed by atoms with Gasteiger partial charge in [0.2, 0.25) is 5.76 Å². The maximum absolute atomic E-state index is 11.8. The lowest BCUT2D eigenvalue weighted by Gasteiger charge is -2.35. The van der Waals surface area contributed by atoms with E-state index in [0.29, 0.717) is 28.6 Å². The number of aryl methyl sites for hydroxylation is 1. The standard InChI is InChI=1S/C21H26N4O3.CH2O2/c1-12(2)25-7-5-14(6-8-25)16-9-18(24-20(23)17(16)11-22)15-10-19(21(26)27-4)28-13(15)3;2-1-3/h9-10,12,14H,5-8H2,1-4H3,(H2,23,24);1H,(H,2,3). The van der Waals surface area contributed by atoms with Crippen LogP contribution in [-0.4, -0.2) is 53.7 Å². The van der Waals surface area contributed by atoms with Crippen molar-refractivity contribution in [2.75, 3.05) is 25.9 Å². The molecular formula is C22H28N4O5. The number of nitrogens with two attached hydrogens (primary N) is 1. The van der Waals surface area contributed by atoms with Crippen LogP contribution in [0.4, 0.5) is 5.82 Å². The van der Waals surface area contributed by atoms with Gasteiger partial charge >= 0.3 is 5.97 Å². The molecule has 1 fully saturated rings. The summed E-state index contributed by atoms with van der Waals surface area (Å²) in [6.07, 6.45) is 1.93. The number of nitriles is 1. The SMILES string of the molecule is COC(=O)c1cc(-c2cc(C3CCN(C(C)C)CC3)c(C#N)c(N)n2)c(C)o1.O=CO. The summed E-state index contributed by atoms with van der Waals surface area (Å²) in [7, 11) is 1.30. The number of piperidine rings is 1. The van der Waals surface area contributed by atoms with Gasteiger partial charge in [-0.25, -0.2) is 9.78 Å². The van der Waals surface area contributed by atoms with Crippen LogP contribution in [0.1, 0.15) is 60.0 Å². The van der Waals surface area contributed by atoms with Crippen LogP contribution in [0, 0.1) is 18.3 Å². The van der Waals surface area contributed by atoms with Crippen molar-refractivity contribution < 1.29 is 23.8 Å². The van der Waals surface area contributed by atoms with E-state index in [9.17, 15) is 10.1 Å². The van der Waals surface area contributed by atoms with Gasteiger partial charge in [0.25, 0.3) is 6.47 Å². The second-order valence-electron chi connectivity index (χ2n) is 7.55. The molecule has 31 heavy (non-hydrogen) atoms. The number of esters is 1. The van der Waals surface area contributed by atoms with Gasteiger partial charge in [-0.1, -0.05) is 0 Å². The first-order valence-corrected chi connectivity index (χ1v) is 9.98. The fourth-order valence-corrected chi connectivity index (χ4v) is 3.83. The van der Waals surface area contributed by atoms with Crippen LogP contribution < -0.4 is 5.73 Å². The molecule has 0 aliphatic carbocycles. The maximum Gasteiger partial charge on any atom is 0.373 e. The zero-order chi connectivity index (χ0) is 23.1. The number of carbonyl (C=O) groups is 2. The number of furan rings is 1. The summed E-state index contributed by atoms with van der Waals surface area (Å²) >= 11 is 0. The normalized spacial score (nSPS) is 14.5. The van der Waals surface area contributed by atoms with E-state index in [1.165, 1.54) is 7.11 Å². The summed E-state index contributed by atoms with van der Waals surface area (Å²) in [5.74, 6) is 0.587. The molecule has 2 aromatic heterocycles. The van der Waals surface area contributed by atoms with Crippen LogP contribution in [0.3, 0.4) is 0 Å². The fraction of sp³-hybridized carbons (Fsp3) is 0.455. The fourth-order valence-electron chi connectivity index (χ4n) is 3.83. The molecule has 1 saturated heterocycles. The predicted octanol–water partition coefficient (Wildman–Crippen LogP) is 3.18. The number of pyridine rings is 1. The zero-order valence-electron chi connectivity index (χ0n) is 18.2. The summed E-state index contributed by atoms with van der Waals surface area (Å²) in [5, 5.41) is 16.5. The van der Waals surface area contributed by atoms with Crippen LogP contribution in [0.5, 0.6) is 0 Å². The van der Waals surface area contributed by atoms with Gasteiger partial charge in [0.05, 0.1) is 18.4 Å². The molecule has 9 nitrogen and oxygen atoms in total. The molecule has 0 aromatic carbocycles. The summed E-state index contributed by atoms with van der Waals surface area (Å²) in [6, 6.07) is 6.27. The van der Waals surface area contributed by atoms with E-state index in [2.05, 4.69) is 29.8 Å². The summed E-state index contributed by atoms with van der Waals surface area (Å²) in [5.41, 5.74) is 8.78. The van der Waals surface area contributed by atoms with Crippen molar-refractivity contribution in [3.05, 3.63) is 34.8 Å². The van der Waals surface area contributed by atoms with Gasteiger partial charge in [-0.3, -0.25) is 4.79 Å². The van der Waals surface area contributed by atoms with Crippen LogP contribution >= 0.6 is 0 Å². The van der Waals surface area contributed by atoms with Gasteiger partial charge in [0, 0.05) is 17.7 Å². The number of aromatic nitrogens is 1. The number of likely N-dealkylation sites (tertiary alicyclic amines) is 1. The molecule has 166 valence electrons. The Balaban J connectivity index is 0.00000107. The maximum atomic E-state index is 11.8. The number of ether oxygens (including phenoxy) is 1. The van der Waals surface area contributed by atoms with Crippen LogP contribution in [0.15, 0.2) is 16.5 Å². The molecule has 0 amide bonds. The van der Waals surface area contributed by atoms with E-state index >= 15 is 0 Å². The average Bonchev–Trinajstić information content (AvgIpc) is 3.15. The third-order valence-electron chi connectivity index (χ3n) is 5.47. The molecule has 1 aliphatic heterocycles. The molecule has 9 heteroatoms. The van der Waals surface area contributed by atoms with Crippen molar-refractivity contribution >= 4 is 18.3 Å². The van der Waals surface area contributed by atoms with E-state index in [1.54, 1.807) is 13.0 Å². The first-order chi connectivity index (χ1) is 14.8. The average molecular weight is 428 g/mol. The van der Waals surface area contributed by atoms with Gasteiger partial charge in [0.15, 0.2) is 0 Å². The number of carboxylic acid groups (broad SMARTS) is 1. The molecule has 0 saturated carbocycles. The molecule has 1 aliphatic rings.